The summed E-state index contributed by atoms with van der Waals surface area (Å²) in [5.74, 6) is -0.0297. The van der Waals surface area contributed by atoms with Gasteiger partial charge in [0.15, 0.2) is 0 Å². The second-order valence-corrected chi connectivity index (χ2v) is 4.78. The molecule has 0 aromatic carbocycles. The Morgan fingerprint density at radius 2 is 2.24 bits per heavy atom. The second-order valence-electron chi connectivity index (χ2n) is 4.78. The van der Waals surface area contributed by atoms with E-state index in [0.717, 1.165) is 24.0 Å². The first-order valence-corrected chi connectivity index (χ1v) is 6.09. The molecule has 1 amide bonds. The minimum absolute atomic E-state index is 0.0297. The molecule has 1 aliphatic carbocycles. The van der Waals surface area contributed by atoms with Crippen LogP contribution in [0.25, 0.3) is 0 Å². The SMILES string of the molecule is Cc1n[nH]c(C)c1C(=O)NCCN(C)C1CC1. The maximum Gasteiger partial charge on any atom is 0.255 e. The zero-order valence-corrected chi connectivity index (χ0v) is 10.7. The van der Waals surface area contributed by atoms with Crippen LogP contribution in [0.3, 0.4) is 0 Å². The summed E-state index contributed by atoms with van der Waals surface area (Å²) in [4.78, 5) is 14.2. The molecule has 0 spiro atoms. The van der Waals surface area contributed by atoms with E-state index in [-0.39, 0.29) is 5.91 Å². The highest BCUT2D eigenvalue weighted by molar-refractivity contribution is 5.96. The van der Waals surface area contributed by atoms with Gasteiger partial charge in [0.1, 0.15) is 0 Å². The lowest BCUT2D eigenvalue weighted by Crippen LogP contribution is -2.34. The molecule has 1 aliphatic rings. The molecule has 0 saturated heterocycles. The molecule has 17 heavy (non-hydrogen) atoms. The zero-order chi connectivity index (χ0) is 12.4. The largest absolute Gasteiger partial charge is 0.351 e. The number of aryl methyl sites for hydroxylation is 2. The van der Waals surface area contributed by atoms with E-state index in [0.29, 0.717) is 12.1 Å². The van der Waals surface area contributed by atoms with Crippen LogP contribution < -0.4 is 5.32 Å². The molecular weight excluding hydrogens is 216 g/mol. The molecule has 2 N–H and O–H groups in total. The number of nitrogens with zero attached hydrogens (tertiary/aromatic N) is 2. The maximum atomic E-state index is 11.9. The van der Waals surface area contributed by atoms with Crippen molar-refractivity contribution in [2.24, 2.45) is 0 Å². The monoisotopic (exact) mass is 236 g/mol. The number of likely N-dealkylation sites (N-methyl/N-ethyl adjacent to an activating group) is 1. The van der Waals surface area contributed by atoms with E-state index in [4.69, 9.17) is 0 Å². The summed E-state index contributed by atoms with van der Waals surface area (Å²) in [5.41, 5.74) is 2.27. The van der Waals surface area contributed by atoms with E-state index in [2.05, 4.69) is 27.5 Å². The third kappa shape index (κ3) is 2.85. The maximum absolute atomic E-state index is 11.9. The average Bonchev–Trinajstić information content (AvgIpc) is 3.06. The molecule has 94 valence electrons. The predicted octanol–water partition coefficient (Wildman–Crippen LogP) is 0.851. The van der Waals surface area contributed by atoms with Gasteiger partial charge in [-0.05, 0) is 33.7 Å². The van der Waals surface area contributed by atoms with Crippen molar-refractivity contribution in [2.75, 3.05) is 20.1 Å². The number of aromatic nitrogens is 2. The molecule has 0 atom stereocenters. The quantitative estimate of drug-likeness (QED) is 0.796. The Balaban J connectivity index is 1.81. The van der Waals surface area contributed by atoms with Gasteiger partial charge in [-0.3, -0.25) is 9.89 Å². The van der Waals surface area contributed by atoms with Crippen LogP contribution in [0.15, 0.2) is 0 Å². The first-order chi connectivity index (χ1) is 8.09. The Hall–Kier alpha value is -1.36. The summed E-state index contributed by atoms with van der Waals surface area (Å²) in [7, 11) is 2.11. The minimum atomic E-state index is -0.0297. The average molecular weight is 236 g/mol. The smallest absolute Gasteiger partial charge is 0.255 e. The van der Waals surface area contributed by atoms with Crippen LogP contribution >= 0.6 is 0 Å². The van der Waals surface area contributed by atoms with Crippen molar-refractivity contribution in [1.82, 2.24) is 20.4 Å². The number of aromatic amines is 1. The Morgan fingerprint density at radius 3 is 2.76 bits per heavy atom. The molecule has 1 heterocycles. The van der Waals surface area contributed by atoms with Crippen LogP contribution in [0.2, 0.25) is 0 Å². The molecule has 1 aromatic heterocycles. The van der Waals surface area contributed by atoms with Crippen LogP contribution in [0.5, 0.6) is 0 Å². The van der Waals surface area contributed by atoms with E-state index in [1.807, 2.05) is 13.8 Å². The van der Waals surface area contributed by atoms with Crippen LogP contribution in [0.4, 0.5) is 0 Å². The number of carbonyl (C=O) groups excluding carboxylic acids is 1. The van der Waals surface area contributed by atoms with E-state index in [1.54, 1.807) is 0 Å². The van der Waals surface area contributed by atoms with Gasteiger partial charge in [0.25, 0.3) is 5.91 Å². The number of nitrogens with one attached hydrogen (secondary N) is 2. The van der Waals surface area contributed by atoms with Gasteiger partial charge in [0.05, 0.1) is 11.3 Å². The fraction of sp³-hybridized carbons (Fsp3) is 0.667. The summed E-state index contributed by atoms with van der Waals surface area (Å²) in [6.07, 6.45) is 2.59. The van der Waals surface area contributed by atoms with E-state index in [9.17, 15) is 4.79 Å². The van der Waals surface area contributed by atoms with Crippen molar-refractivity contribution < 1.29 is 4.79 Å². The Morgan fingerprint density at radius 1 is 1.53 bits per heavy atom. The molecular formula is C12H20N4O. The first kappa shape index (κ1) is 12.1. The molecule has 0 bridgehead atoms. The Kier molecular flexibility index (Phi) is 3.47. The fourth-order valence-corrected chi connectivity index (χ4v) is 2.02. The van der Waals surface area contributed by atoms with Gasteiger partial charge in [-0.15, -0.1) is 0 Å². The lowest BCUT2D eigenvalue weighted by Gasteiger charge is -2.15. The molecule has 2 rings (SSSR count). The van der Waals surface area contributed by atoms with Crippen LogP contribution in [0.1, 0.15) is 34.6 Å². The number of hydrogen-bond donors (Lipinski definition) is 2. The van der Waals surface area contributed by atoms with Gasteiger partial charge >= 0.3 is 0 Å². The third-order valence-corrected chi connectivity index (χ3v) is 3.28. The van der Waals surface area contributed by atoms with Gasteiger partial charge in [-0.1, -0.05) is 0 Å². The molecule has 5 heteroatoms. The third-order valence-electron chi connectivity index (χ3n) is 3.28. The number of H-pyrrole nitrogens is 1. The molecule has 1 aromatic rings. The number of hydrogen-bond acceptors (Lipinski definition) is 3. The predicted molar refractivity (Wildman–Crippen MR) is 66.0 cm³/mol. The van der Waals surface area contributed by atoms with Crippen molar-refractivity contribution in [3.63, 3.8) is 0 Å². The summed E-state index contributed by atoms with van der Waals surface area (Å²) in [6, 6.07) is 0.740. The number of carbonyl (C=O) groups is 1. The van der Waals surface area contributed by atoms with Crippen LogP contribution in [-0.2, 0) is 0 Å². The highest BCUT2D eigenvalue weighted by atomic mass is 16.1. The molecule has 5 nitrogen and oxygen atoms in total. The van der Waals surface area contributed by atoms with Crippen molar-refractivity contribution >= 4 is 5.91 Å². The van der Waals surface area contributed by atoms with Crippen LogP contribution in [0, 0.1) is 13.8 Å². The van der Waals surface area contributed by atoms with Crippen molar-refractivity contribution in [1.29, 1.82) is 0 Å². The molecule has 0 aliphatic heterocycles. The normalized spacial score (nSPS) is 15.3. The van der Waals surface area contributed by atoms with Gasteiger partial charge in [0.2, 0.25) is 0 Å². The molecule has 0 radical (unpaired) electrons. The molecule has 1 saturated carbocycles. The van der Waals surface area contributed by atoms with Crippen molar-refractivity contribution in [2.45, 2.75) is 32.7 Å². The Bertz CT molecular complexity index is 389. The van der Waals surface area contributed by atoms with E-state index < -0.39 is 0 Å². The first-order valence-electron chi connectivity index (χ1n) is 6.09. The summed E-state index contributed by atoms with van der Waals surface area (Å²) in [6.45, 7) is 5.31. The zero-order valence-electron chi connectivity index (χ0n) is 10.7. The standard InChI is InChI=1S/C12H20N4O/c1-8-11(9(2)15-14-8)12(17)13-6-7-16(3)10-4-5-10/h10H,4-7H2,1-3H3,(H,13,17)(H,14,15). The minimum Gasteiger partial charge on any atom is -0.351 e. The highest BCUT2D eigenvalue weighted by Gasteiger charge is 2.25. The number of amides is 1. The van der Waals surface area contributed by atoms with Crippen LogP contribution in [-0.4, -0.2) is 47.2 Å². The summed E-state index contributed by atoms with van der Waals surface area (Å²) < 4.78 is 0. The van der Waals surface area contributed by atoms with Crippen molar-refractivity contribution in [3.8, 4) is 0 Å². The fourth-order valence-electron chi connectivity index (χ4n) is 2.02. The van der Waals surface area contributed by atoms with Gasteiger partial charge in [0, 0.05) is 24.8 Å². The Labute approximate surface area is 102 Å². The molecule has 1 fully saturated rings. The lowest BCUT2D eigenvalue weighted by molar-refractivity contribution is 0.0948. The van der Waals surface area contributed by atoms with Gasteiger partial charge < -0.3 is 10.2 Å². The van der Waals surface area contributed by atoms with Crippen molar-refractivity contribution in [3.05, 3.63) is 17.0 Å². The van der Waals surface area contributed by atoms with Gasteiger partial charge in [-0.2, -0.15) is 5.10 Å². The van der Waals surface area contributed by atoms with E-state index in [1.165, 1.54) is 12.8 Å². The summed E-state index contributed by atoms with van der Waals surface area (Å²) in [5, 5.41) is 9.79. The lowest BCUT2D eigenvalue weighted by atomic mass is 10.2. The topological polar surface area (TPSA) is 61.0 Å². The second kappa shape index (κ2) is 4.87. The van der Waals surface area contributed by atoms with E-state index >= 15 is 0 Å². The summed E-state index contributed by atoms with van der Waals surface area (Å²) >= 11 is 0. The highest BCUT2D eigenvalue weighted by Crippen LogP contribution is 2.24. The van der Waals surface area contributed by atoms with Gasteiger partial charge in [-0.25, -0.2) is 0 Å². The molecule has 0 unspecified atom stereocenters. The number of rotatable bonds is 5.